The molecule has 1 atom stereocenters. The molecule has 1 unspecified atom stereocenters. The van der Waals surface area contributed by atoms with Crippen molar-refractivity contribution in [3.8, 4) is 0 Å². The molecular formula is C16H18N2O3. The topological polar surface area (TPSA) is 66.5 Å². The first-order chi connectivity index (χ1) is 10.1. The summed E-state index contributed by atoms with van der Waals surface area (Å²) in [6, 6.07) is 7.23. The van der Waals surface area contributed by atoms with Gasteiger partial charge in [0.15, 0.2) is 0 Å². The number of hydrogen-bond donors (Lipinski definition) is 1. The van der Waals surface area contributed by atoms with Crippen LogP contribution in [-0.2, 0) is 20.8 Å². The van der Waals surface area contributed by atoms with E-state index in [1.807, 2.05) is 31.2 Å². The maximum absolute atomic E-state index is 12.6. The van der Waals surface area contributed by atoms with E-state index in [1.54, 1.807) is 4.90 Å². The molecule has 0 spiro atoms. The number of carbonyl (C=O) groups is 3. The standard InChI is InChI=1S/C16H18N2O3/c1-10-4-2-3-5-11(10)8-15(20)18(12-6-7-12)13-9-14(19)17-16(13)21/h2-5,12-13H,6-9H2,1H3,(H,17,19,21). The molecule has 110 valence electrons. The zero-order valence-corrected chi connectivity index (χ0v) is 12.0. The summed E-state index contributed by atoms with van der Waals surface area (Å²) < 4.78 is 0. The molecule has 0 aromatic heterocycles. The van der Waals surface area contributed by atoms with Crippen molar-refractivity contribution in [3.63, 3.8) is 0 Å². The Kier molecular flexibility index (Phi) is 3.49. The van der Waals surface area contributed by atoms with Crippen LogP contribution in [0, 0.1) is 6.92 Å². The minimum atomic E-state index is -0.624. The summed E-state index contributed by atoms with van der Waals surface area (Å²) in [5.41, 5.74) is 2.03. The van der Waals surface area contributed by atoms with Gasteiger partial charge in [-0.3, -0.25) is 19.7 Å². The maximum Gasteiger partial charge on any atom is 0.249 e. The van der Waals surface area contributed by atoms with E-state index in [0.29, 0.717) is 0 Å². The molecule has 1 aromatic rings. The lowest BCUT2D eigenvalue weighted by Gasteiger charge is -2.27. The maximum atomic E-state index is 12.6. The first kappa shape index (κ1) is 13.8. The van der Waals surface area contributed by atoms with Crippen LogP contribution in [0.15, 0.2) is 24.3 Å². The van der Waals surface area contributed by atoms with Crippen molar-refractivity contribution in [2.45, 2.75) is 44.7 Å². The van der Waals surface area contributed by atoms with Crippen LogP contribution in [0.1, 0.15) is 30.4 Å². The summed E-state index contributed by atoms with van der Waals surface area (Å²) >= 11 is 0. The number of aryl methyl sites for hydroxylation is 1. The molecule has 1 aromatic carbocycles. The third kappa shape index (κ3) is 2.82. The Bertz CT molecular complexity index is 607. The molecule has 21 heavy (non-hydrogen) atoms. The lowest BCUT2D eigenvalue weighted by atomic mass is 10.0. The minimum absolute atomic E-state index is 0.0679. The molecule has 2 aliphatic rings. The first-order valence-corrected chi connectivity index (χ1v) is 7.25. The van der Waals surface area contributed by atoms with Crippen molar-refractivity contribution in [2.24, 2.45) is 0 Å². The van der Waals surface area contributed by atoms with Gasteiger partial charge in [-0.2, -0.15) is 0 Å². The van der Waals surface area contributed by atoms with Crippen molar-refractivity contribution < 1.29 is 14.4 Å². The molecule has 0 bridgehead atoms. The Balaban J connectivity index is 1.78. The molecule has 3 rings (SSSR count). The van der Waals surface area contributed by atoms with Gasteiger partial charge in [0.2, 0.25) is 17.7 Å². The van der Waals surface area contributed by atoms with Gasteiger partial charge in [0.05, 0.1) is 12.8 Å². The molecule has 2 fully saturated rings. The summed E-state index contributed by atoms with van der Waals surface area (Å²) in [4.78, 5) is 37.5. The minimum Gasteiger partial charge on any atom is -0.327 e. The van der Waals surface area contributed by atoms with Crippen LogP contribution < -0.4 is 5.32 Å². The molecule has 1 aliphatic carbocycles. The Morgan fingerprint density at radius 3 is 2.57 bits per heavy atom. The van der Waals surface area contributed by atoms with E-state index in [0.717, 1.165) is 24.0 Å². The summed E-state index contributed by atoms with van der Waals surface area (Å²) in [7, 11) is 0. The van der Waals surface area contributed by atoms with E-state index < -0.39 is 6.04 Å². The van der Waals surface area contributed by atoms with Gasteiger partial charge in [-0.1, -0.05) is 24.3 Å². The molecule has 1 heterocycles. The van der Waals surface area contributed by atoms with E-state index in [2.05, 4.69) is 5.32 Å². The molecule has 1 saturated carbocycles. The molecule has 0 radical (unpaired) electrons. The Hall–Kier alpha value is -2.17. The Labute approximate surface area is 123 Å². The molecule has 1 aliphatic heterocycles. The van der Waals surface area contributed by atoms with Crippen LogP contribution in [-0.4, -0.2) is 34.7 Å². The van der Waals surface area contributed by atoms with E-state index >= 15 is 0 Å². The number of rotatable bonds is 4. The average Bonchev–Trinajstić information content (AvgIpc) is 3.19. The van der Waals surface area contributed by atoms with Gasteiger partial charge in [-0.15, -0.1) is 0 Å². The van der Waals surface area contributed by atoms with E-state index in [9.17, 15) is 14.4 Å². The number of amides is 3. The summed E-state index contributed by atoms with van der Waals surface area (Å²) in [6.45, 7) is 1.97. The summed E-state index contributed by atoms with van der Waals surface area (Å²) in [5.74, 6) is -0.703. The molecule has 1 saturated heterocycles. The second-order valence-corrected chi connectivity index (χ2v) is 5.77. The van der Waals surface area contributed by atoms with Crippen molar-refractivity contribution in [1.29, 1.82) is 0 Å². The van der Waals surface area contributed by atoms with Crippen molar-refractivity contribution in [3.05, 3.63) is 35.4 Å². The van der Waals surface area contributed by atoms with Crippen LogP contribution in [0.5, 0.6) is 0 Å². The van der Waals surface area contributed by atoms with E-state index in [4.69, 9.17) is 0 Å². The Morgan fingerprint density at radius 1 is 1.29 bits per heavy atom. The Morgan fingerprint density at radius 2 is 2.00 bits per heavy atom. The largest absolute Gasteiger partial charge is 0.327 e. The van der Waals surface area contributed by atoms with Gasteiger partial charge < -0.3 is 4.90 Å². The number of hydrogen-bond acceptors (Lipinski definition) is 3. The predicted octanol–water partition coefficient (Wildman–Crippen LogP) is 0.944. The SMILES string of the molecule is Cc1ccccc1CC(=O)N(C1CC1)C1CC(=O)NC1=O. The highest BCUT2D eigenvalue weighted by Crippen LogP contribution is 2.31. The molecule has 3 amide bonds. The summed E-state index contributed by atoms with van der Waals surface area (Å²) in [6.07, 6.45) is 2.20. The van der Waals surface area contributed by atoms with Crippen LogP contribution in [0.4, 0.5) is 0 Å². The third-order valence-electron chi connectivity index (χ3n) is 4.11. The van der Waals surface area contributed by atoms with Gasteiger partial charge in [0, 0.05) is 6.04 Å². The number of nitrogens with zero attached hydrogens (tertiary/aromatic N) is 1. The number of benzene rings is 1. The highest BCUT2D eigenvalue weighted by Gasteiger charge is 2.44. The third-order valence-corrected chi connectivity index (χ3v) is 4.11. The molecule has 5 heteroatoms. The zero-order valence-electron chi connectivity index (χ0n) is 12.0. The second kappa shape index (κ2) is 5.31. The zero-order chi connectivity index (χ0) is 15.0. The smallest absolute Gasteiger partial charge is 0.249 e. The van der Waals surface area contributed by atoms with Crippen molar-refractivity contribution in [1.82, 2.24) is 10.2 Å². The van der Waals surface area contributed by atoms with Crippen molar-refractivity contribution >= 4 is 17.7 Å². The lowest BCUT2D eigenvalue weighted by Crippen LogP contribution is -2.46. The number of imide groups is 1. The van der Waals surface area contributed by atoms with Gasteiger partial charge in [-0.25, -0.2) is 0 Å². The van der Waals surface area contributed by atoms with E-state index in [1.165, 1.54) is 0 Å². The predicted molar refractivity (Wildman–Crippen MR) is 76.3 cm³/mol. The fourth-order valence-electron chi connectivity index (χ4n) is 2.81. The van der Waals surface area contributed by atoms with Gasteiger partial charge in [0.25, 0.3) is 0 Å². The van der Waals surface area contributed by atoms with Crippen LogP contribution in [0.3, 0.4) is 0 Å². The van der Waals surface area contributed by atoms with Crippen LogP contribution >= 0.6 is 0 Å². The molecule has 5 nitrogen and oxygen atoms in total. The van der Waals surface area contributed by atoms with Gasteiger partial charge in [0.1, 0.15) is 6.04 Å². The fraction of sp³-hybridized carbons (Fsp3) is 0.438. The highest BCUT2D eigenvalue weighted by molar-refractivity contribution is 6.07. The van der Waals surface area contributed by atoms with Gasteiger partial charge in [-0.05, 0) is 30.9 Å². The first-order valence-electron chi connectivity index (χ1n) is 7.25. The monoisotopic (exact) mass is 286 g/mol. The second-order valence-electron chi connectivity index (χ2n) is 5.77. The molecular weight excluding hydrogens is 268 g/mol. The van der Waals surface area contributed by atoms with E-state index in [-0.39, 0.29) is 36.6 Å². The normalized spacial score (nSPS) is 21.3. The number of carbonyl (C=O) groups excluding carboxylic acids is 3. The molecule has 1 N–H and O–H groups in total. The van der Waals surface area contributed by atoms with Gasteiger partial charge >= 0.3 is 0 Å². The fourth-order valence-corrected chi connectivity index (χ4v) is 2.81. The quantitative estimate of drug-likeness (QED) is 0.838. The number of nitrogens with one attached hydrogen (secondary N) is 1. The summed E-state index contributed by atoms with van der Waals surface area (Å²) in [5, 5.41) is 2.29. The highest BCUT2D eigenvalue weighted by atomic mass is 16.2. The average molecular weight is 286 g/mol. The van der Waals surface area contributed by atoms with Crippen LogP contribution in [0.25, 0.3) is 0 Å². The van der Waals surface area contributed by atoms with Crippen molar-refractivity contribution in [2.75, 3.05) is 0 Å². The van der Waals surface area contributed by atoms with Crippen LogP contribution in [0.2, 0.25) is 0 Å². The lowest BCUT2D eigenvalue weighted by molar-refractivity contribution is -0.139.